The Hall–Kier alpha value is -1.48. The van der Waals surface area contributed by atoms with Crippen molar-refractivity contribution in [1.82, 2.24) is 0 Å². The van der Waals surface area contributed by atoms with E-state index in [0.717, 1.165) is 18.0 Å². The maximum absolute atomic E-state index is 5.55. The first-order valence-corrected chi connectivity index (χ1v) is 7.54. The van der Waals surface area contributed by atoms with Crippen LogP contribution in [0.3, 0.4) is 0 Å². The lowest BCUT2D eigenvalue weighted by Gasteiger charge is -2.10. The molecule has 0 atom stereocenters. The summed E-state index contributed by atoms with van der Waals surface area (Å²) >= 11 is 0. The molecule has 0 aliphatic rings. The number of unbranched alkanes of at least 4 members (excludes halogenated alkanes) is 3. The summed E-state index contributed by atoms with van der Waals surface area (Å²) in [6, 6.07) is 6.13. The second kappa shape index (κ2) is 10.3. The number of hydrogen-bond donors (Lipinski definition) is 1. The van der Waals surface area contributed by atoms with Crippen LogP contribution in [0, 0.1) is 0 Å². The van der Waals surface area contributed by atoms with Crippen LogP contribution in [0.1, 0.15) is 38.2 Å². The van der Waals surface area contributed by atoms with E-state index in [-0.39, 0.29) is 0 Å². The Morgan fingerprint density at radius 3 is 2.75 bits per heavy atom. The van der Waals surface area contributed by atoms with E-state index < -0.39 is 0 Å². The fourth-order valence-corrected chi connectivity index (χ4v) is 2.09. The molecule has 0 radical (unpaired) electrons. The molecule has 3 nitrogen and oxygen atoms in total. The van der Waals surface area contributed by atoms with Gasteiger partial charge in [0, 0.05) is 5.56 Å². The highest BCUT2D eigenvalue weighted by molar-refractivity contribution is 5.42. The third-order valence-electron chi connectivity index (χ3n) is 3.23. The Labute approximate surface area is 123 Å². The van der Waals surface area contributed by atoms with Gasteiger partial charge in [-0.15, -0.1) is 0 Å². The second-order valence-corrected chi connectivity index (χ2v) is 4.93. The minimum absolute atomic E-state index is 0.499. The Balaban J connectivity index is 2.40. The minimum atomic E-state index is 0.499. The third kappa shape index (κ3) is 6.11. The number of quaternary nitrogens is 1. The summed E-state index contributed by atoms with van der Waals surface area (Å²) < 4.78 is 10.9. The molecule has 0 saturated carbocycles. The third-order valence-corrected chi connectivity index (χ3v) is 3.23. The van der Waals surface area contributed by atoms with Crippen LogP contribution in [-0.4, -0.2) is 20.3 Å². The maximum atomic E-state index is 5.55. The van der Waals surface area contributed by atoms with Gasteiger partial charge in [0.2, 0.25) is 0 Å². The molecule has 1 aromatic carbocycles. The van der Waals surface area contributed by atoms with Crippen molar-refractivity contribution in [3.63, 3.8) is 0 Å². The molecule has 0 aliphatic carbocycles. The standard InChI is InChI=1S/C17H27NO2/c1-4-6-7-8-11-18-14-15-9-10-16(20-12-5-2)17(13-15)19-3/h5,9-10,13,18H,2,4,6-8,11-12,14H2,1,3H3/p+1. The molecule has 2 N–H and O–H groups in total. The number of ether oxygens (including phenoxy) is 2. The first-order valence-electron chi connectivity index (χ1n) is 7.54. The van der Waals surface area contributed by atoms with Gasteiger partial charge in [-0.25, -0.2) is 0 Å². The van der Waals surface area contributed by atoms with Gasteiger partial charge in [-0.2, -0.15) is 0 Å². The molecule has 20 heavy (non-hydrogen) atoms. The lowest BCUT2D eigenvalue weighted by Crippen LogP contribution is -2.82. The predicted molar refractivity (Wildman–Crippen MR) is 83.3 cm³/mol. The van der Waals surface area contributed by atoms with E-state index in [0.29, 0.717) is 6.61 Å². The zero-order valence-electron chi connectivity index (χ0n) is 12.9. The van der Waals surface area contributed by atoms with Crippen molar-refractivity contribution in [3.05, 3.63) is 36.4 Å². The van der Waals surface area contributed by atoms with Crippen LogP contribution >= 0.6 is 0 Å². The predicted octanol–water partition coefficient (Wildman–Crippen LogP) is 2.90. The molecule has 0 unspecified atom stereocenters. The van der Waals surface area contributed by atoms with Crippen molar-refractivity contribution in [2.45, 2.75) is 39.2 Å². The van der Waals surface area contributed by atoms with E-state index in [2.05, 4.69) is 31.0 Å². The van der Waals surface area contributed by atoms with Gasteiger partial charge >= 0.3 is 0 Å². The Morgan fingerprint density at radius 2 is 2.05 bits per heavy atom. The number of benzene rings is 1. The molecular weight excluding hydrogens is 250 g/mol. The average Bonchev–Trinajstić information content (AvgIpc) is 2.49. The van der Waals surface area contributed by atoms with Gasteiger partial charge in [-0.05, 0) is 31.0 Å². The van der Waals surface area contributed by atoms with E-state index in [1.165, 1.54) is 37.8 Å². The first kappa shape index (κ1) is 16.6. The molecule has 0 amide bonds. The number of hydrogen-bond acceptors (Lipinski definition) is 2. The van der Waals surface area contributed by atoms with Crippen LogP contribution in [0.4, 0.5) is 0 Å². The van der Waals surface area contributed by atoms with Crippen molar-refractivity contribution >= 4 is 0 Å². The van der Waals surface area contributed by atoms with Crippen LogP contribution in [0.25, 0.3) is 0 Å². The van der Waals surface area contributed by atoms with E-state index in [1.807, 2.05) is 6.07 Å². The monoisotopic (exact) mass is 278 g/mol. The van der Waals surface area contributed by atoms with E-state index in [1.54, 1.807) is 13.2 Å². The summed E-state index contributed by atoms with van der Waals surface area (Å²) in [5, 5.41) is 2.36. The van der Waals surface area contributed by atoms with Crippen molar-refractivity contribution in [2.75, 3.05) is 20.3 Å². The Morgan fingerprint density at radius 1 is 1.20 bits per heavy atom. The SMILES string of the molecule is C=CCOc1ccc(C[NH2+]CCCCCC)cc1OC. The summed E-state index contributed by atoms with van der Waals surface area (Å²) in [6.45, 7) is 8.57. The van der Waals surface area contributed by atoms with Gasteiger partial charge in [0.1, 0.15) is 13.2 Å². The number of rotatable bonds is 11. The average molecular weight is 278 g/mol. The van der Waals surface area contributed by atoms with Crippen LogP contribution in [0.2, 0.25) is 0 Å². The molecule has 0 heterocycles. The highest BCUT2D eigenvalue weighted by Gasteiger charge is 2.06. The second-order valence-electron chi connectivity index (χ2n) is 4.93. The molecule has 0 saturated heterocycles. The van der Waals surface area contributed by atoms with E-state index in [9.17, 15) is 0 Å². The summed E-state index contributed by atoms with van der Waals surface area (Å²) in [5.41, 5.74) is 1.27. The van der Waals surface area contributed by atoms with Gasteiger partial charge < -0.3 is 14.8 Å². The fraction of sp³-hybridized carbons (Fsp3) is 0.529. The van der Waals surface area contributed by atoms with Gasteiger partial charge in [-0.3, -0.25) is 0 Å². The highest BCUT2D eigenvalue weighted by atomic mass is 16.5. The van der Waals surface area contributed by atoms with E-state index >= 15 is 0 Å². The molecule has 0 fully saturated rings. The fourth-order valence-electron chi connectivity index (χ4n) is 2.09. The first-order chi connectivity index (χ1) is 9.81. The summed E-state index contributed by atoms with van der Waals surface area (Å²) in [5.74, 6) is 1.57. The Kier molecular flexibility index (Phi) is 8.56. The van der Waals surface area contributed by atoms with Crippen LogP contribution < -0.4 is 14.8 Å². The summed E-state index contributed by atoms with van der Waals surface area (Å²) in [7, 11) is 1.67. The minimum Gasteiger partial charge on any atom is -0.493 e. The number of nitrogens with two attached hydrogens (primary N) is 1. The van der Waals surface area contributed by atoms with Crippen LogP contribution in [0.5, 0.6) is 11.5 Å². The highest BCUT2D eigenvalue weighted by Crippen LogP contribution is 2.27. The van der Waals surface area contributed by atoms with Crippen molar-refractivity contribution in [3.8, 4) is 11.5 Å². The molecule has 0 bridgehead atoms. The molecule has 0 spiro atoms. The van der Waals surface area contributed by atoms with Gasteiger partial charge in [0.05, 0.1) is 13.7 Å². The molecule has 112 valence electrons. The number of methoxy groups -OCH3 is 1. The topological polar surface area (TPSA) is 35.1 Å². The molecule has 1 aromatic rings. The molecule has 0 aromatic heterocycles. The zero-order valence-corrected chi connectivity index (χ0v) is 12.9. The largest absolute Gasteiger partial charge is 0.493 e. The molecular formula is C17H28NO2+. The lowest BCUT2D eigenvalue weighted by atomic mass is 10.2. The Bertz CT molecular complexity index is 391. The van der Waals surface area contributed by atoms with Gasteiger partial charge in [0.15, 0.2) is 11.5 Å². The van der Waals surface area contributed by atoms with Crippen LogP contribution in [-0.2, 0) is 6.54 Å². The smallest absolute Gasteiger partial charge is 0.161 e. The lowest BCUT2D eigenvalue weighted by molar-refractivity contribution is -0.671. The van der Waals surface area contributed by atoms with E-state index in [4.69, 9.17) is 9.47 Å². The van der Waals surface area contributed by atoms with Gasteiger partial charge in [0.25, 0.3) is 0 Å². The van der Waals surface area contributed by atoms with Gasteiger partial charge in [-0.1, -0.05) is 32.4 Å². The zero-order chi connectivity index (χ0) is 14.6. The van der Waals surface area contributed by atoms with Crippen molar-refractivity contribution < 1.29 is 14.8 Å². The molecule has 0 aliphatic heterocycles. The van der Waals surface area contributed by atoms with Crippen molar-refractivity contribution in [1.29, 1.82) is 0 Å². The molecule has 3 heteroatoms. The quantitative estimate of drug-likeness (QED) is 0.499. The van der Waals surface area contributed by atoms with Crippen LogP contribution in [0.15, 0.2) is 30.9 Å². The summed E-state index contributed by atoms with van der Waals surface area (Å²) in [6.07, 6.45) is 7.01. The van der Waals surface area contributed by atoms with Crippen molar-refractivity contribution in [2.24, 2.45) is 0 Å². The normalized spacial score (nSPS) is 10.3. The molecule has 1 rings (SSSR count). The summed E-state index contributed by atoms with van der Waals surface area (Å²) in [4.78, 5) is 0. The maximum Gasteiger partial charge on any atom is 0.161 e.